The number of hydrogen-bond acceptors (Lipinski definition) is 7. The van der Waals surface area contributed by atoms with E-state index in [0.717, 1.165) is 42.5 Å². The third kappa shape index (κ3) is 3.03. The summed E-state index contributed by atoms with van der Waals surface area (Å²) in [6.45, 7) is 4.33. The van der Waals surface area contributed by atoms with Crippen molar-refractivity contribution in [3.8, 4) is 0 Å². The Morgan fingerprint density at radius 3 is 3.17 bits per heavy atom. The molecule has 2 atom stereocenters. The highest BCUT2D eigenvalue weighted by atomic mass is 32.1. The number of carbonyl (C=O) groups excluding carboxylic acids is 1. The van der Waals surface area contributed by atoms with Crippen molar-refractivity contribution in [3.05, 3.63) is 29.2 Å². The molecule has 0 unspecified atom stereocenters. The highest BCUT2D eigenvalue weighted by molar-refractivity contribution is 7.15. The normalized spacial score (nSPS) is 26.9. The second kappa shape index (κ2) is 6.18. The van der Waals surface area contributed by atoms with E-state index in [2.05, 4.69) is 20.4 Å². The molecule has 0 aliphatic carbocycles. The maximum absolute atomic E-state index is 12.2. The fourth-order valence-corrected chi connectivity index (χ4v) is 4.23. The van der Waals surface area contributed by atoms with Crippen LogP contribution in [0.1, 0.15) is 34.8 Å². The first-order valence-corrected chi connectivity index (χ1v) is 8.99. The monoisotopic (exact) mass is 348 g/mol. The number of ether oxygens (including phenoxy) is 1. The van der Waals surface area contributed by atoms with Gasteiger partial charge in [-0.3, -0.25) is 4.79 Å². The van der Waals surface area contributed by atoms with Gasteiger partial charge in [-0.1, -0.05) is 11.3 Å². The number of nitrogens with one attached hydrogen (secondary N) is 1. The first kappa shape index (κ1) is 15.6. The van der Waals surface area contributed by atoms with Gasteiger partial charge in [-0.2, -0.15) is 0 Å². The number of aromatic nitrogens is 2. The summed E-state index contributed by atoms with van der Waals surface area (Å²) in [4.78, 5) is 14.4. The topological polar surface area (TPSA) is 80.5 Å². The van der Waals surface area contributed by atoms with E-state index in [-0.39, 0.29) is 17.6 Å². The fourth-order valence-electron chi connectivity index (χ4n) is 3.52. The van der Waals surface area contributed by atoms with E-state index in [4.69, 9.17) is 9.15 Å². The Bertz CT molecular complexity index is 717. The SMILES string of the molecule is Cc1nnc(N2CC[C@@]3(C[C@H](NC(=O)c4ccco4)CCO3)C2)s1. The van der Waals surface area contributed by atoms with Crippen molar-refractivity contribution in [3.63, 3.8) is 0 Å². The van der Waals surface area contributed by atoms with Gasteiger partial charge < -0.3 is 19.4 Å². The number of carbonyl (C=O) groups is 1. The third-order valence-electron chi connectivity index (χ3n) is 4.68. The van der Waals surface area contributed by atoms with E-state index in [0.29, 0.717) is 12.4 Å². The van der Waals surface area contributed by atoms with Gasteiger partial charge in [0.1, 0.15) is 5.01 Å². The Labute approximate surface area is 144 Å². The van der Waals surface area contributed by atoms with Crippen LogP contribution in [0.3, 0.4) is 0 Å². The predicted octanol–water partition coefficient (Wildman–Crippen LogP) is 2.00. The Morgan fingerprint density at radius 1 is 1.50 bits per heavy atom. The molecule has 0 bridgehead atoms. The zero-order chi connectivity index (χ0) is 16.6. The van der Waals surface area contributed by atoms with Crippen LogP contribution in [-0.4, -0.2) is 47.4 Å². The number of aryl methyl sites for hydroxylation is 1. The maximum Gasteiger partial charge on any atom is 0.287 e. The first-order chi connectivity index (χ1) is 11.6. The highest BCUT2D eigenvalue weighted by Crippen LogP contribution is 2.37. The molecule has 128 valence electrons. The van der Waals surface area contributed by atoms with Crippen molar-refractivity contribution in [2.75, 3.05) is 24.6 Å². The van der Waals surface area contributed by atoms with Gasteiger partial charge in [0, 0.05) is 25.7 Å². The summed E-state index contributed by atoms with van der Waals surface area (Å²) in [7, 11) is 0. The predicted molar refractivity (Wildman–Crippen MR) is 89.4 cm³/mol. The molecule has 1 N–H and O–H groups in total. The number of furan rings is 1. The molecule has 8 heteroatoms. The van der Waals surface area contributed by atoms with E-state index in [1.807, 2.05) is 6.92 Å². The Hall–Kier alpha value is -1.93. The van der Waals surface area contributed by atoms with Crippen LogP contribution in [0.25, 0.3) is 0 Å². The van der Waals surface area contributed by atoms with Crippen LogP contribution in [0.2, 0.25) is 0 Å². The van der Waals surface area contributed by atoms with Crippen molar-refractivity contribution >= 4 is 22.4 Å². The second-order valence-corrected chi connectivity index (χ2v) is 7.61. The van der Waals surface area contributed by atoms with Gasteiger partial charge >= 0.3 is 0 Å². The molecular weight excluding hydrogens is 328 g/mol. The summed E-state index contributed by atoms with van der Waals surface area (Å²) in [6, 6.07) is 3.51. The minimum Gasteiger partial charge on any atom is -0.459 e. The molecule has 2 aromatic rings. The molecular formula is C16H20N4O3S. The lowest BCUT2D eigenvalue weighted by Gasteiger charge is -2.38. The average molecular weight is 348 g/mol. The van der Waals surface area contributed by atoms with Crippen LogP contribution >= 0.6 is 11.3 Å². The van der Waals surface area contributed by atoms with Crippen LogP contribution in [0, 0.1) is 6.92 Å². The molecule has 1 amide bonds. The van der Waals surface area contributed by atoms with E-state index in [1.54, 1.807) is 23.5 Å². The van der Waals surface area contributed by atoms with Crippen molar-refractivity contribution < 1.29 is 13.9 Å². The number of hydrogen-bond donors (Lipinski definition) is 1. The smallest absolute Gasteiger partial charge is 0.287 e. The van der Waals surface area contributed by atoms with Crippen LogP contribution in [0.5, 0.6) is 0 Å². The lowest BCUT2D eigenvalue weighted by molar-refractivity contribution is -0.0721. The molecule has 0 aromatic carbocycles. The summed E-state index contributed by atoms with van der Waals surface area (Å²) in [6.07, 6.45) is 4.10. The van der Waals surface area contributed by atoms with E-state index in [1.165, 1.54) is 6.26 Å². The Balaban J connectivity index is 1.40. The number of amides is 1. The molecule has 0 radical (unpaired) electrons. The van der Waals surface area contributed by atoms with Gasteiger partial charge in [0.15, 0.2) is 5.76 Å². The standard InChI is InChI=1S/C16H20N4O3S/c1-11-18-19-15(24-11)20-6-5-16(10-20)9-12(4-8-23-16)17-14(21)13-3-2-7-22-13/h2-3,7,12H,4-6,8-10H2,1H3,(H,17,21)/t12-,16-/m1/s1. The molecule has 2 aliphatic rings. The van der Waals surface area contributed by atoms with Gasteiger partial charge in [-0.25, -0.2) is 0 Å². The molecule has 2 fully saturated rings. The van der Waals surface area contributed by atoms with E-state index in [9.17, 15) is 4.79 Å². The molecule has 4 rings (SSSR count). The van der Waals surface area contributed by atoms with Gasteiger partial charge in [0.25, 0.3) is 5.91 Å². The first-order valence-electron chi connectivity index (χ1n) is 8.17. The number of anilines is 1. The molecule has 7 nitrogen and oxygen atoms in total. The van der Waals surface area contributed by atoms with Crippen LogP contribution < -0.4 is 10.2 Å². The summed E-state index contributed by atoms with van der Waals surface area (Å²) in [5, 5.41) is 13.3. The average Bonchev–Trinajstić information content (AvgIpc) is 3.28. The summed E-state index contributed by atoms with van der Waals surface area (Å²) in [5.74, 6) is 0.199. The Morgan fingerprint density at radius 2 is 2.42 bits per heavy atom. The molecule has 2 aromatic heterocycles. The van der Waals surface area contributed by atoms with Crippen LogP contribution in [0.4, 0.5) is 5.13 Å². The van der Waals surface area contributed by atoms with Crippen LogP contribution in [-0.2, 0) is 4.74 Å². The van der Waals surface area contributed by atoms with E-state index >= 15 is 0 Å². The summed E-state index contributed by atoms with van der Waals surface area (Å²) < 4.78 is 11.3. The molecule has 0 saturated carbocycles. The highest BCUT2D eigenvalue weighted by Gasteiger charge is 2.44. The third-order valence-corrected chi connectivity index (χ3v) is 5.57. The van der Waals surface area contributed by atoms with Crippen LogP contribution in [0.15, 0.2) is 22.8 Å². The molecule has 1 spiro atoms. The largest absolute Gasteiger partial charge is 0.459 e. The minimum absolute atomic E-state index is 0.104. The molecule has 4 heterocycles. The molecule has 2 aliphatic heterocycles. The number of nitrogens with zero attached hydrogens (tertiary/aromatic N) is 3. The van der Waals surface area contributed by atoms with Gasteiger partial charge in [-0.15, -0.1) is 10.2 Å². The molecule has 24 heavy (non-hydrogen) atoms. The van der Waals surface area contributed by atoms with Gasteiger partial charge in [0.05, 0.1) is 11.9 Å². The minimum atomic E-state index is -0.209. The summed E-state index contributed by atoms with van der Waals surface area (Å²) in [5.41, 5.74) is -0.209. The lowest BCUT2D eigenvalue weighted by Crippen LogP contribution is -2.50. The van der Waals surface area contributed by atoms with Gasteiger partial charge in [-0.05, 0) is 38.3 Å². The maximum atomic E-state index is 12.2. The van der Waals surface area contributed by atoms with Crippen molar-refractivity contribution in [1.82, 2.24) is 15.5 Å². The zero-order valence-corrected chi connectivity index (χ0v) is 14.3. The van der Waals surface area contributed by atoms with Crippen molar-refractivity contribution in [1.29, 1.82) is 0 Å². The van der Waals surface area contributed by atoms with Crippen molar-refractivity contribution in [2.24, 2.45) is 0 Å². The fraction of sp³-hybridized carbons (Fsp3) is 0.562. The van der Waals surface area contributed by atoms with Gasteiger partial charge in [0.2, 0.25) is 5.13 Å². The summed E-state index contributed by atoms with van der Waals surface area (Å²) >= 11 is 1.61. The number of rotatable bonds is 3. The lowest BCUT2D eigenvalue weighted by atomic mass is 9.89. The molecule has 2 saturated heterocycles. The quantitative estimate of drug-likeness (QED) is 0.914. The van der Waals surface area contributed by atoms with E-state index < -0.39 is 0 Å². The zero-order valence-electron chi connectivity index (χ0n) is 13.5. The Kier molecular flexibility index (Phi) is 4.01. The second-order valence-electron chi connectivity index (χ2n) is 6.45. The van der Waals surface area contributed by atoms with Crippen molar-refractivity contribution in [2.45, 2.75) is 37.8 Å².